The van der Waals surface area contributed by atoms with Crippen molar-refractivity contribution in [1.82, 2.24) is 4.90 Å². The fourth-order valence-corrected chi connectivity index (χ4v) is 3.72. The number of halogens is 1. The Hall–Kier alpha value is -1.42. The minimum absolute atomic E-state index is 0.153. The summed E-state index contributed by atoms with van der Waals surface area (Å²) in [4.78, 5) is 14.3. The van der Waals surface area contributed by atoms with Gasteiger partial charge in [0.2, 0.25) is 5.91 Å². The van der Waals surface area contributed by atoms with Gasteiger partial charge in [0.15, 0.2) is 0 Å². The van der Waals surface area contributed by atoms with Crippen molar-refractivity contribution in [2.24, 2.45) is 5.92 Å². The molecule has 1 aliphatic heterocycles. The fraction of sp³-hybridized carbons (Fsp3) is 0.588. The molecule has 1 aliphatic carbocycles. The number of rotatable bonds is 5. The lowest BCUT2D eigenvalue weighted by atomic mass is 10.0. The number of benzene rings is 1. The van der Waals surface area contributed by atoms with E-state index in [-0.39, 0.29) is 11.7 Å². The first-order chi connectivity index (χ1) is 10.2. The summed E-state index contributed by atoms with van der Waals surface area (Å²) in [5, 5.41) is 0. The van der Waals surface area contributed by atoms with Crippen LogP contribution in [0.1, 0.15) is 31.7 Å². The molecule has 1 aromatic rings. The van der Waals surface area contributed by atoms with Crippen LogP contribution < -0.4 is 0 Å². The smallest absolute Gasteiger partial charge is 0.223 e. The Bertz CT molecular complexity index is 519. The minimum atomic E-state index is -0.218. The molecule has 0 aromatic heterocycles. The number of piperidine rings is 1. The summed E-state index contributed by atoms with van der Waals surface area (Å²) in [5.41, 5.74) is 0.627. The molecule has 1 amide bonds. The maximum atomic E-state index is 13.6. The van der Waals surface area contributed by atoms with E-state index in [1.165, 1.54) is 6.07 Å². The van der Waals surface area contributed by atoms with Gasteiger partial charge in [0.25, 0.3) is 0 Å². The van der Waals surface area contributed by atoms with E-state index in [0.717, 1.165) is 26.0 Å². The van der Waals surface area contributed by atoms with Gasteiger partial charge in [0.1, 0.15) is 5.82 Å². The number of carbonyl (C=O) groups is 1. The highest BCUT2D eigenvalue weighted by atomic mass is 19.1. The van der Waals surface area contributed by atoms with Crippen molar-refractivity contribution in [3.8, 4) is 0 Å². The lowest BCUT2D eigenvalue weighted by Crippen LogP contribution is -2.42. The summed E-state index contributed by atoms with van der Waals surface area (Å²) in [6, 6.07) is 7.02. The fourth-order valence-electron chi connectivity index (χ4n) is 3.72. The Labute approximate surface area is 125 Å². The van der Waals surface area contributed by atoms with Gasteiger partial charge in [-0.1, -0.05) is 18.2 Å². The predicted molar refractivity (Wildman–Crippen MR) is 78.4 cm³/mol. The molecule has 114 valence electrons. The Morgan fingerprint density at radius 3 is 2.86 bits per heavy atom. The van der Waals surface area contributed by atoms with E-state index in [1.54, 1.807) is 12.1 Å². The van der Waals surface area contributed by atoms with Crippen molar-refractivity contribution < 1.29 is 13.9 Å². The van der Waals surface area contributed by atoms with E-state index in [4.69, 9.17) is 4.74 Å². The molecule has 21 heavy (non-hydrogen) atoms. The Morgan fingerprint density at radius 1 is 1.38 bits per heavy atom. The van der Waals surface area contributed by atoms with Crippen molar-refractivity contribution >= 4 is 5.91 Å². The topological polar surface area (TPSA) is 29.5 Å². The zero-order chi connectivity index (χ0) is 14.8. The van der Waals surface area contributed by atoms with Crippen molar-refractivity contribution in [3.63, 3.8) is 0 Å². The number of carbonyl (C=O) groups excluding carboxylic acids is 1. The number of hydrogen-bond acceptors (Lipinski definition) is 2. The van der Waals surface area contributed by atoms with E-state index >= 15 is 0 Å². The molecular weight excluding hydrogens is 269 g/mol. The lowest BCUT2D eigenvalue weighted by molar-refractivity contribution is -0.134. The Morgan fingerprint density at radius 2 is 2.19 bits per heavy atom. The maximum Gasteiger partial charge on any atom is 0.223 e. The summed E-state index contributed by atoms with van der Waals surface area (Å²) in [6.07, 6.45) is 3.23. The summed E-state index contributed by atoms with van der Waals surface area (Å²) < 4.78 is 19.3. The van der Waals surface area contributed by atoms with Gasteiger partial charge in [-0.2, -0.15) is 0 Å². The van der Waals surface area contributed by atoms with Gasteiger partial charge in [-0.25, -0.2) is 4.39 Å². The summed E-state index contributed by atoms with van der Waals surface area (Å²) >= 11 is 0. The second kappa shape index (κ2) is 6.14. The second-order valence-electron chi connectivity index (χ2n) is 6.02. The van der Waals surface area contributed by atoms with Gasteiger partial charge in [0.05, 0.1) is 6.10 Å². The quantitative estimate of drug-likeness (QED) is 0.835. The van der Waals surface area contributed by atoms with Crippen LogP contribution in [-0.4, -0.2) is 36.1 Å². The van der Waals surface area contributed by atoms with Crippen LogP contribution >= 0.6 is 0 Å². The third kappa shape index (κ3) is 2.95. The highest BCUT2D eigenvalue weighted by molar-refractivity contribution is 5.77. The molecule has 2 unspecified atom stereocenters. The SMILES string of the molecule is CCO[C@H]1CC2CC1CN2C(=O)CCc1ccccc1F. The van der Waals surface area contributed by atoms with Gasteiger partial charge >= 0.3 is 0 Å². The number of fused-ring (bicyclic) bond motifs is 2. The molecule has 3 nitrogen and oxygen atoms in total. The van der Waals surface area contributed by atoms with Crippen LogP contribution in [0, 0.1) is 11.7 Å². The Kier molecular flexibility index (Phi) is 4.24. The largest absolute Gasteiger partial charge is 0.378 e. The molecule has 0 N–H and O–H groups in total. The average Bonchev–Trinajstić information content (AvgIpc) is 3.06. The normalized spacial score (nSPS) is 27.3. The second-order valence-corrected chi connectivity index (χ2v) is 6.02. The summed E-state index contributed by atoms with van der Waals surface area (Å²) in [6.45, 7) is 3.57. The van der Waals surface area contributed by atoms with Crippen LogP contribution in [0.5, 0.6) is 0 Å². The highest BCUT2D eigenvalue weighted by Crippen LogP contribution is 2.39. The lowest BCUT2D eigenvalue weighted by Gasteiger charge is -2.31. The van der Waals surface area contributed by atoms with Crippen LogP contribution in [0.4, 0.5) is 4.39 Å². The summed E-state index contributed by atoms with van der Waals surface area (Å²) in [5.74, 6) is 0.428. The molecule has 2 bridgehead atoms. The average molecular weight is 291 g/mol. The zero-order valence-electron chi connectivity index (χ0n) is 12.4. The van der Waals surface area contributed by atoms with Crippen LogP contribution in [0.25, 0.3) is 0 Å². The molecule has 3 rings (SSSR count). The van der Waals surface area contributed by atoms with Gasteiger partial charge in [-0.3, -0.25) is 4.79 Å². The number of nitrogens with zero attached hydrogens (tertiary/aromatic N) is 1. The molecular formula is C17H22FNO2. The van der Waals surface area contributed by atoms with Crippen molar-refractivity contribution in [3.05, 3.63) is 35.6 Å². The van der Waals surface area contributed by atoms with Crippen LogP contribution in [-0.2, 0) is 16.0 Å². The van der Waals surface area contributed by atoms with Gasteiger partial charge in [-0.15, -0.1) is 0 Å². The molecule has 1 saturated heterocycles. The number of amides is 1. The molecule has 4 heteroatoms. The first kappa shape index (κ1) is 14.5. The van der Waals surface area contributed by atoms with Crippen LogP contribution in [0.2, 0.25) is 0 Å². The molecule has 2 aliphatic rings. The molecule has 1 heterocycles. The van der Waals surface area contributed by atoms with Crippen LogP contribution in [0.3, 0.4) is 0 Å². The van der Waals surface area contributed by atoms with Crippen molar-refractivity contribution in [2.75, 3.05) is 13.2 Å². The number of ether oxygens (including phenoxy) is 1. The number of likely N-dealkylation sites (tertiary alicyclic amines) is 1. The van der Waals surface area contributed by atoms with E-state index in [2.05, 4.69) is 0 Å². The Balaban J connectivity index is 1.53. The van der Waals surface area contributed by atoms with E-state index < -0.39 is 0 Å². The number of aryl methyl sites for hydroxylation is 1. The third-order valence-electron chi connectivity index (χ3n) is 4.74. The van der Waals surface area contributed by atoms with Crippen LogP contribution in [0.15, 0.2) is 24.3 Å². The molecule has 1 saturated carbocycles. The van der Waals surface area contributed by atoms with E-state index in [1.807, 2.05) is 17.9 Å². The van der Waals surface area contributed by atoms with Crippen molar-refractivity contribution in [1.29, 1.82) is 0 Å². The van der Waals surface area contributed by atoms with E-state index in [0.29, 0.717) is 36.5 Å². The van der Waals surface area contributed by atoms with Gasteiger partial charge in [-0.05, 0) is 37.8 Å². The molecule has 1 aromatic carbocycles. The zero-order valence-corrected chi connectivity index (χ0v) is 12.4. The molecule has 2 fully saturated rings. The minimum Gasteiger partial charge on any atom is -0.378 e. The third-order valence-corrected chi connectivity index (χ3v) is 4.74. The number of hydrogen-bond donors (Lipinski definition) is 0. The highest BCUT2D eigenvalue weighted by Gasteiger charge is 2.46. The predicted octanol–water partition coefficient (Wildman–Crippen LogP) is 2.78. The first-order valence-electron chi connectivity index (χ1n) is 7.83. The molecule has 3 atom stereocenters. The molecule has 0 spiro atoms. The molecule has 0 radical (unpaired) electrons. The van der Waals surface area contributed by atoms with Gasteiger partial charge < -0.3 is 9.64 Å². The summed E-state index contributed by atoms with van der Waals surface area (Å²) in [7, 11) is 0. The van der Waals surface area contributed by atoms with E-state index in [9.17, 15) is 9.18 Å². The standard InChI is InChI=1S/C17H22FNO2/c1-2-21-16-10-14-9-13(16)11-19(14)17(20)8-7-12-5-3-4-6-15(12)18/h3-6,13-14,16H,2,7-11H2,1H3/t13?,14?,16-/m0/s1. The van der Waals surface area contributed by atoms with Gasteiger partial charge in [0, 0.05) is 31.5 Å². The van der Waals surface area contributed by atoms with Crippen molar-refractivity contribution in [2.45, 2.75) is 44.8 Å². The maximum absolute atomic E-state index is 13.6. The first-order valence-corrected chi connectivity index (χ1v) is 7.83. The monoisotopic (exact) mass is 291 g/mol.